The van der Waals surface area contributed by atoms with E-state index < -0.39 is 20.6 Å². The summed E-state index contributed by atoms with van der Waals surface area (Å²) in [5.74, 6) is -0.776. The Bertz CT molecular complexity index is 1210. The van der Waals surface area contributed by atoms with Gasteiger partial charge in [-0.1, -0.05) is 70.7 Å². The second-order valence-corrected chi connectivity index (χ2v) is 9.22. The van der Waals surface area contributed by atoms with Gasteiger partial charge in [-0.15, -0.1) is 0 Å². The van der Waals surface area contributed by atoms with Gasteiger partial charge in [-0.05, 0) is 35.9 Å². The highest BCUT2D eigenvalue weighted by Crippen LogP contribution is 2.53. The highest BCUT2D eigenvalue weighted by molar-refractivity contribution is 7.87. The van der Waals surface area contributed by atoms with Gasteiger partial charge >= 0.3 is 0 Å². The molecule has 3 aromatic carbocycles. The van der Waals surface area contributed by atoms with Crippen LogP contribution in [-0.2, 0) is 14.9 Å². The van der Waals surface area contributed by atoms with E-state index in [1.807, 2.05) is 0 Å². The first kappa shape index (κ1) is 22.0. The van der Waals surface area contributed by atoms with Crippen LogP contribution in [0.5, 0.6) is 11.5 Å². The van der Waals surface area contributed by atoms with Gasteiger partial charge in [0.05, 0.1) is 15.1 Å². The Morgan fingerprint density at radius 2 is 1.38 bits per heavy atom. The molecule has 0 radical (unpaired) electrons. The van der Waals surface area contributed by atoms with Crippen molar-refractivity contribution >= 4 is 56.5 Å². The molecule has 1 unspecified atom stereocenters. The molecule has 10 heteroatoms. The highest BCUT2D eigenvalue weighted by atomic mass is 35.5. The van der Waals surface area contributed by atoms with Crippen LogP contribution in [0.4, 0.5) is 0 Å². The Balaban J connectivity index is 2.66. The Hall–Kier alpha value is -1.67. The number of phenolic OH excluding ortho intramolecular Hbond substituents is 2. The average molecular weight is 494 g/mol. The first-order valence-electron chi connectivity index (χ1n) is 7.90. The minimum atomic E-state index is -5.13. The lowest BCUT2D eigenvalue weighted by Gasteiger charge is -2.34. The summed E-state index contributed by atoms with van der Waals surface area (Å²) in [5, 5.41) is 19.7. The second-order valence-electron chi connectivity index (χ2n) is 6.06. The number of halogens is 4. The second kappa shape index (κ2) is 7.87. The van der Waals surface area contributed by atoms with E-state index in [9.17, 15) is 23.2 Å². The van der Waals surface area contributed by atoms with Crippen molar-refractivity contribution in [3.05, 3.63) is 91.4 Å². The first-order valence-corrected chi connectivity index (χ1v) is 10.9. The topological polar surface area (TPSA) is 94.8 Å². The van der Waals surface area contributed by atoms with Gasteiger partial charge in [-0.25, -0.2) is 0 Å². The molecule has 1 atom stereocenters. The molecule has 0 amide bonds. The van der Waals surface area contributed by atoms with Crippen LogP contribution in [-0.4, -0.2) is 23.2 Å². The molecule has 3 rings (SSSR count). The first-order chi connectivity index (χ1) is 13.5. The molecular formula is C19H12Cl4O5S. The fraction of sp³-hybridized carbons (Fsp3) is 0.0526. The van der Waals surface area contributed by atoms with E-state index in [-0.39, 0.29) is 42.5 Å². The van der Waals surface area contributed by atoms with Crippen LogP contribution < -0.4 is 0 Å². The zero-order valence-corrected chi connectivity index (χ0v) is 18.1. The van der Waals surface area contributed by atoms with Crippen LogP contribution in [0.1, 0.15) is 16.7 Å². The number of benzene rings is 3. The third-order valence-electron chi connectivity index (χ3n) is 4.42. The number of rotatable bonds is 4. The summed E-state index contributed by atoms with van der Waals surface area (Å²) < 4.78 is 34.0. The Labute approximate surface area is 186 Å². The predicted molar refractivity (Wildman–Crippen MR) is 114 cm³/mol. The van der Waals surface area contributed by atoms with Crippen LogP contribution in [0.15, 0.2) is 54.6 Å². The lowest BCUT2D eigenvalue weighted by atomic mass is 9.83. The third-order valence-corrected chi connectivity index (χ3v) is 7.28. The van der Waals surface area contributed by atoms with Gasteiger partial charge in [0.1, 0.15) is 11.5 Å². The minimum absolute atomic E-state index is 0.0283. The summed E-state index contributed by atoms with van der Waals surface area (Å²) in [6, 6.07) is 11.6. The van der Waals surface area contributed by atoms with E-state index in [1.165, 1.54) is 42.5 Å². The van der Waals surface area contributed by atoms with Crippen molar-refractivity contribution in [3.63, 3.8) is 0 Å². The molecule has 3 aromatic rings. The van der Waals surface area contributed by atoms with Crippen molar-refractivity contribution in [2.24, 2.45) is 0 Å². The van der Waals surface area contributed by atoms with Crippen molar-refractivity contribution in [2.45, 2.75) is 4.75 Å². The van der Waals surface area contributed by atoms with Gasteiger partial charge in [0.25, 0.3) is 10.1 Å². The van der Waals surface area contributed by atoms with Crippen molar-refractivity contribution in [3.8, 4) is 11.5 Å². The maximum Gasteiger partial charge on any atom is 0.283 e. The normalized spacial score (nSPS) is 13.8. The molecule has 0 aliphatic heterocycles. The number of phenols is 2. The van der Waals surface area contributed by atoms with E-state index in [0.717, 1.165) is 12.1 Å². The summed E-state index contributed by atoms with van der Waals surface area (Å²) >= 11 is 24.8. The third kappa shape index (κ3) is 3.54. The quantitative estimate of drug-likeness (QED) is 0.239. The SMILES string of the molecule is O=S(=O)(O)C(c1ccc(O)c(Cl)c1)(c1ccccc1O)c1c(Cl)ccc(Cl)c1Cl. The van der Waals surface area contributed by atoms with Gasteiger partial charge in [0.2, 0.25) is 0 Å². The molecule has 0 fully saturated rings. The fourth-order valence-electron chi connectivity index (χ4n) is 3.20. The molecule has 0 bridgehead atoms. The Morgan fingerprint density at radius 3 is 1.97 bits per heavy atom. The monoisotopic (exact) mass is 492 g/mol. The van der Waals surface area contributed by atoms with Crippen molar-refractivity contribution in [1.82, 2.24) is 0 Å². The summed E-state index contributed by atoms with van der Waals surface area (Å²) in [7, 11) is -5.13. The molecule has 0 heterocycles. The smallest absolute Gasteiger partial charge is 0.283 e. The van der Waals surface area contributed by atoms with Crippen LogP contribution in [0, 0.1) is 0 Å². The van der Waals surface area contributed by atoms with Crippen LogP contribution in [0.3, 0.4) is 0 Å². The molecule has 0 spiro atoms. The summed E-state index contributed by atoms with van der Waals surface area (Å²) in [6.45, 7) is 0. The van der Waals surface area contributed by atoms with Gasteiger partial charge in [0.15, 0.2) is 4.75 Å². The standard InChI is InChI=1S/C19H12Cl4O5S/c20-12-6-7-13(21)18(23)17(12)19(29(26,27)28,11-3-1-2-4-15(11)24)10-5-8-16(25)14(22)9-10/h1-9,24-25H,(H,26,27,28). The molecular weight excluding hydrogens is 482 g/mol. The maximum absolute atomic E-state index is 13.0. The lowest BCUT2D eigenvalue weighted by molar-refractivity contribution is 0.440. The van der Waals surface area contributed by atoms with Crippen LogP contribution >= 0.6 is 46.4 Å². The average Bonchev–Trinajstić information content (AvgIpc) is 2.64. The Morgan fingerprint density at radius 1 is 0.759 bits per heavy atom. The molecule has 5 nitrogen and oxygen atoms in total. The number of para-hydroxylation sites is 1. The van der Waals surface area contributed by atoms with E-state index in [1.54, 1.807) is 0 Å². The molecule has 0 aliphatic rings. The van der Waals surface area contributed by atoms with E-state index in [4.69, 9.17) is 46.4 Å². The zero-order chi connectivity index (χ0) is 21.6. The zero-order valence-electron chi connectivity index (χ0n) is 14.3. The fourth-order valence-corrected chi connectivity index (χ4v) is 5.65. The number of hydrogen-bond donors (Lipinski definition) is 3. The molecule has 3 N–H and O–H groups in total. The van der Waals surface area contributed by atoms with E-state index in [0.29, 0.717) is 0 Å². The van der Waals surface area contributed by atoms with Gasteiger partial charge in [-0.3, -0.25) is 4.55 Å². The lowest BCUT2D eigenvalue weighted by Crippen LogP contribution is -2.39. The number of hydrogen-bond acceptors (Lipinski definition) is 4. The molecule has 0 saturated heterocycles. The minimum Gasteiger partial charge on any atom is -0.508 e. The summed E-state index contributed by atoms with van der Waals surface area (Å²) in [4.78, 5) is 0. The van der Waals surface area contributed by atoms with Gasteiger partial charge in [-0.2, -0.15) is 8.42 Å². The molecule has 152 valence electrons. The van der Waals surface area contributed by atoms with Gasteiger partial charge in [0, 0.05) is 16.1 Å². The maximum atomic E-state index is 13.0. The van der Waals surface area contributed by atoms with Crippen molar-refractivity contribution in [2.75, 3.05) is 0 Å². The number of aromatic hydroxyl groups is 2. The van der Waals surface area contributed by atoms with Crippen LogP contribution in [0.2, 0.25) is 20.1 Å². The molecule has 0 aliphatic carbocycles. The van der Waals surface area contributed by atoms with Crippen molar-refractivity contribution in [1.29, 1.82) is 0 Å². The molecule has 0 aromatic heterocycles. The predicted octanol–water partition coefficient (Wildman–Crippen LogP) is 5.89. The molecule has 0 saturated carbocycles. The summed E-state index contributed by atoms with van der Waals surface area (Å²) in [6.07, 6.45) is 0. The highest BCUT2D eigenvalue weighted by Gasteiger charge is 2.52. The molecule has 29 heavy (non-hydrogen) atoms. The van der Waals surface area contributed by atoms with E-state index >= 15 is 0 Å². The van der Waals surface area contributed by atoms with Crippen molar-refractivity contribution < 1.29 is 23.2 Å². The largest absolute Gasteiger partial charge is 0.508 e. The summed E-state index contributed by atoms with van der Waals surface area (Å²) in [5.41, 5.74) is -0.648. The Kier molecular flexibility index (Phi) is 5.98. The van der Waals surface area contributed by atoms with Crippen LogP contribution in [0.25, 0.3) is 0 Å². The van der Waals surface area contributed by atoms with E-state index in [2.05, 4.69) is 0 Å². The van der Waals surface area contributed by atoms with Gasteiger partial charge < -0.3 is 10.2 Å².